The van der Waals surface area contributed by atoms with Gasteiger partial charge in [-0.15, -0.1) is 0 Å². The van der Waals surface area contributed by atoms with E-state index in [2.05, 4.69) is 0 Å². The van der Waals surface area contributed by atoms with Crippen LogP contribution < -0.4 is 0 Å². The van der Waals surface area contributed by atoms with Crippen molar-refractivity contribution in [3.63, 3.8) is 0 Å². The molecule has 2 aromatic rings. The van der Waals surface area contributed by atoms with Gasteiger partial charge in [0.15, 0.2) is 0 Å². The number of hydrogen-bond acceptors (Lipinski definition) is 4. The summed E-state index contributed by atoms with van der Waals surface area (Å²) >= 11 is 0. The molecule has 4 atom stereocenters. The maximum absolute atomic E-state index is 13.3. The van der Waals surface area contributed by atoms with Gasteiger partial charge in [0.25, 0.3) is 0 Å². The van der Waals surface area contributed by atoms with Crippen molar-refractivity contribution in [2.24, 2.45) is 0 Å². The van der Waals surface area contributed by atoms with E-state index in [-0.39, 0.29) is 24.2 Å². The Labute approximate surface area is 205 Å². The Hall–Kier alpha value is -1.74. The number of sulfonamides is 2. The third-order valence-corrected chi connectivity index (χ3v) is 11.7. The molecule has 34 heavy (non-hydrogen) atoms. The summed E-state index contributed by atoms with van der Waals surface area (Å²) in [6.07, 6.45) is 5.62. The van der Waals surface area contributed by atoms with Crippen LogP contribution in [0.2, 0.25) is 0 Å². The highest BCUT2D eigenvalue weighted by Crippen LogP contribution is 2.32. The van der Waals surface area contributed by atoms with Crippen LogP contribution in [0.1, 0.15) is 66.2 Å². The lowest BCUT2D eigenvalue weighted by Gasteiger charge is -2.37. The van der Waals surface area contributed by atoms with E-state index < -0.39 is 20.0 Å². The summed E-state index contributed by atoms with van der Waals surface area (Å²) in [5, 5.41) is 0. The number of nitrogens with zero attached hydrogens (tertiary/aromatic N) is 2. The fourth-order valence-electron chi connectivity index (χ4n) is 5.62. The second kappa shape index (κ2) is 9.72. The molecule has 6 nitrogen and oxygen atoms in total. The van der Waals surface area contributed by atoms with Crippen LogP contribution in [0.5, 0.6) is 0 Å². The van der Waals surface area contributed by atoms with E-state index >= 15 is 0 Å². The van der Waals surface area contributed by atoms with Crippen molar-refractivity contribution in [2.75, 3.05) is 0 Å². The lowest BCUT2D eigenvalue weighted by molar-refractivity contribution is 0.204. The summed E-state index contributed by atoms with van der Waals surface area (Å²) in [5.41, 5.74) is 1.70. The van der Waals surface area contributed by atoms with Crippen molar-refractivity contribution in [1.82, 2.24) is 8.61 Å². The van der Waals surface area contributed by atoms with Gasteiger partial charge in [-0.3, -0.25) is 0 Å². The summed E-state index contributed by atoms with van der Waals surface area (Å²) in [5.74, 6) is 0. The lowest BCUT2D eigenvalue weighted by Crippen LogP contribution is -2.47. The topological polar surface area (TPSA) is 74.8 Å². The van der Waals surface area contributed by atoms with Crippen LogP contribution in [0.3, 0.4) is 0 Å². The first-order valence-corrected chi connectivity index (χ1v) is 15.2. The van der Waals surface area contributed by atoms with Gasteiger partial charge in [-0.25, -0.2) is 16.8 Å². The SMILES string of the molecule is CC1CCCC(C)N1S(=O)(=O)c1ccc(-c2ccc(S(=O)(=O)N3C(C)CCCC3C)cc2)cc1. The molecule has 2 aliphatic heterocycles. The second-order valence-electron chi connectivity index (χ2n) is 9.98. The molecule has 4 rings (SSSR count). The fraction of sp³-hybridized carbons (Fsp3) is 0.538. The van der Waals surface area contributed by atoms with Crippen LogP contribution in [0.15, 0.2) is 58.3 Å². The molecular weight excluding hydrogens is 468 g/mol. The summed E-state index contributed by atoms with van der Waals surface area (Å²) in [4.78, 5) is 0.591. The van der Waals surface area contributed by atoms with E-state index in [1.165, 1.54) is 0 Å². The zero-order valence-corrected chi connectivity index (χ0v) is 22.1. The minimum absolute atomic E-state index is 0.00624. The number of piperidine rings is 2. The molecule has 2 aliphatic rings. The van der Waals surface area contributed by atoms with E-state index in [9.17, 15) is 16.8 Å². The van der Waals surface area contributed by atoms with Gasteiger partial charge in [0.2, 0.25) is 20.0 Å². The van der Waals surface area contributed by atoms with Gasteiger partial charge in [0.05, 0.1) is 9.79 Å². The molecule has 0 saturated carbocycles. The number of benzene rings is 2. The normalized spacial score (nSPS) is 27.5. The molecule has 0 aliphatic carbocycles. The first kappa shape index (κ1) is 25.4. The Kier molecular flexibility index (Phi) is 7.25. The zero-order valence-electron chi connectivity index (χ0n) is 20.5. The summed E-state index contributed by atoms with van der Waals surface area (Å²) < 4.78 is 56.4. The molecule has 0 N–H and O–H groups in total. The molecular formula is C26H36N2O4S2. The highest BCUT2D eigenvalue weighted by atomic mass is 32.2. The van der Waals surface area contributed by atoms with E-state index in [1.54, 1.807) is 57.1 Å². The van der Waals surface area contributed by atoms with Crippen LogP contribution in [0.4, 0.5) is 0 Å². The smallest absolute Gasteiger partial charge is 0.207 e. The van der Waals surface area contributed by atoms with Crippen LogP contribution in [-0.2, 0) is 20.0 Å². The van der Waals surface area contributed by atoms with Crippen molar-refractivity contribution in [2.45, 2.75) is 100 Å². The minimum Gasteiger partial charge on any atom is -0.207 e. The Morgan fingerprint density at radius 3 is 1.06 bits per heavy atom. The molecule has 186 valence electrons. The molecule has 0 aromatic heterocycles. The molecule has 0 bridgehead atoms. The van der Waals surface area contributed by atoms with Gasteiger partial charge in [-0.2, -0.15) is 8.61 Å². The average Bonchev–Trinajstić information content (AvgIpc) is 2.79. The average molecular weight is 505 g/mol. The molecule has 0 amide bonds. The second-order valence-corrected chi connectivity index (χ2v) is 13.7. The van der Waals surface area contributed by atoms with E-state index in [1.807, 2.05) is 27.7 Å². The first-order chi connectivity index (χ1) is 16.0. The molecule has 0 spiro atoms. The van der Waals surface area contributed by atoms with Crippen LogP contribution in [-0.4, -0.2) is 49.6 Å². The van der Waals surface area contributed by atoms with Crippen molar-refractivity contribution in [3.8, 4) is 11.1 Å². The number of rotatable bonds is 5. The predicted molar refractivity (Wildman–Crippen MR) is 135 cm³/mol. The van der Waals surface area contributed by atoms with E-state index in [4.69, 9.17) is 0 Å². The van der Waals surface area contributed by atoms with Gasteiger partial charge in [-0.1, -0.05) is 37.1 Å². The highest BCUT2D eigenvalue weighted by molar-refractivity contribution is 7.89. The van der Waals surface area contributed by atoms with E-state index in [0.717, 1.165) is 49.7 Å². The minimum atomic E-state index is -3.56. The molecule has 2 aromatic carbocycles. The largest absolute Gasteiger partial charge is 0.243 e. The third-order valence-electron chi connectivity index (χ3n) is 7.42. The van der Waals surface area contributed by atoms with Crippen molar-refractivity contribution < 1.29 is 16.8 Å². The Balaban J connectivity index is 1.56. The fourth-order valence-corrected chi connectivity index (χ4v) is 9.39. The molecule has 8 heteroatoms. The Bertz CT molecular complexity index is 1090. The maximum Gasteiger partial charge on any atom is 0.243 e. The van der Waals surface area contributed by atoms with Gasteiger partial charge in [-0.05, 0) is 88.8 Å². The molecule has 2 saturated heterocycles. The number of hydrogen-bond donors (Lipinski definition) is 0. The van der Waals surface area contributed by atoms with E-state index in [0.29, 0.717) is 9.79 Å². The highest BCUT2D eigenvalue weighted by Gasteiger charge is 2.36. The summed E-state index contributed by atoms with van der Waals surface area (Å²) in [6.45, 7) is 7.90. The van der Waals surface area contributed by atoms with Crippen LogP contribution in [0, 0.1) is 0 Å². The summed E-state index contributed by atoms with van der Waals surface area (Å²) in [6, 6.07) is 13.8. The van der Waals surface area contributed by atoms with Crippen molar-refractivity contribution in [1.29, 1.82) is 0 Å². The molecule has 2 heterocycles. The van der Waals surface area contributed by atoms with Gasteiger partial charge in [0.1, 0.15) is 0 Å². The lowest BCUT2D eigenvalue weighted by atomic mass is 10.0. The van der Waals surface area contributed by atoms with Gasteiger partial charge in [0, 0.05) is 24.2 Å². The zero-order chi connectivity index (χ0) is 24.7. The first-order valence-electron chi connectivity index (χ1n) is 12.3. The van der Waals surface area contributed by atoms with Crippen molar-refractivity contribution >= 4 is 20.0 Å². The summed E-state index contributed by atoms with van der Waals surface area (Å²) in [7, 11) is -7.12. The van der Waals surface area contributed by atoms with Crippen LogP contribution in [0.25, 0.3) is 11.1 Å². The molecule has 2 fully saturated rings. The van der Waals surface area contributed by atoms with Crippen molar-refractivity contribution in [3.05, 3.63) is 48.5 Å². The Morgan fingerprint density at radius 2 is 0.794 bits per heavy atom. The standard InChI is InChI=1S/C26H36N2O4S2/c1-19-7-5-8-20(2)27(19)33(29,30)25-15-11-23(12-16-25)24-13-17-26(18-14-24)34(31,32)28-21(3)9-6-10-22(28)4/h11-22H,5-10H2,1-4H3. The quantitative estimate of drug-likeness (QED) is 0.557. The van der Waals surface area contributed by atoms with Gasteiger partial charge >= 0.3 is 0 Å². The monoisotopic (exact) mass is 504 g/mol. The van der Waals surface area contributed by atoms with Gasteiger partial charge < -0.3 is 0 Å². The predicted octanol–water partition coefficient (Wildman–Crippen LogP) is 5.26. The molecule has 4 unspecified atom stereocenters. The van der Waals surface area contributed by atoms with Crippen LogP contribution >= 0.6 is 0 Å². The Morgan fingerprint density at radius 1 is 0.529 bits per heavy atom. The maximum atomic E-state index is 13.3. The third kappa shape index (κ3) is 4.70. The molecule has 0 radical (unpaired) electrons.